The van der Waals surface area contributed by atoms with E-state index in [0.29, 0.717) is 6.54 Å². The first kappa shape index (κ1) is 13.5. The molecule has 0 saturated carbocycles. The monoisotopic (exact) mass is 310 g/mol. The van der Waals surface area contributed by atoms with E-state index in [9.17, 15) is 0 Å². The van der Waals surface area contributed by atoms with Crippen LogP contribution in [-0.4, -0.2) is 21.1 Å². The second-order valence-electron chi connectivity index (χ2n) is 5.64. The highest BCUT2D eigenvalue weighted by Gasteiger charge is 2.25. The molecular weight excluding hydrogens is 292 g/mol. The lowest BCUT2D eigenvalue weighted by atomic mass is 9.95. The predicted octanol–water partition coefficient (Wildman–Crippen LogP) is 3.01. The quantitative estimate of drug-likeness (QED) is 0.927. The number of imidazole rings is 1. The summed E-state index contributed by atoms with van der Waals surface area (Å²) in [6, 6.07) is 2.19. The molecule has 2 aromatic rings. The fourth-order valence-electron chi connectivity index (χ4n) is 2.01. The molecule has 18 heavy (non-hydrogen) atoms. The lowest BCUT2D eigenvalue weighted by molar-refractivity contribution is 0.462. The van der Waals surface area contributed by atoms with E-state index in [2.05, 4.69) is 53.2 Å². The summed E-state index contributed by atoms with van der Waals surface area (Å²) in [5.74, 6) is 1.03. The lowest BCUT2D eigenvalue weighted by Gasteiger charge is -2.23. The molecule has 98 valence electrons. The Kier molecular flexibility index (Phi) is 3.47. The fourth-order valence-corrected chi connectivity index (χ4v) is 2.33. The normalized spacial score (nSPS) is 14.1. The summed E-state index contributed by atoms with van der Waals surface area (Å²) in [7, 11) is 0. The zero-order valence-corrected chi connectivity index (χ0v) is 12.8. The van der Waals surface area contributed by atoms with Crippen molar-refractivity contribution >= 4 is 27.1 Å². The van der Waals surface area contributed by atoms with Gasteiger partial charge in [0, 0.05) is 28.7 Å². The zero-order valence-electron chi connectivity index (χ0n) is 11.2. The van der Waals surface area contributed by atoms with Crippen LogP contribution in [0.15, 0.2) is 16.7 Å². The summed E-state index contributed by atoms with van der Waals surface area (Å²) >= 11 is 3.43. The van der Waals surface area contributed by atoms with Gasteiger partial charge in [-0.25, -0.2) is 9.97 Å². The number of hydrogen-bond acceptors (Lipinski definition) is 3. The molecule has 0 amide bonds. The molecule has 1 atom stereocenters. The fraction of sp³-hybridized carbons (Fsp3) is 0.538. The average Bonchev–Trinajstić information content (AvgIpc) is 2.66. The smallest absolute Gasteiger partial charge is 0.160 e. The Morgan fingerprint density at radius 2 is 2.11 bits per heavy atom. The maximum absolute atomic E-state index is 5.81. The first-order chi connectivity index (χ1) is 8.34. The third kappa shape index (κ3) is 2.29. The number of pyridine rings is 1. The van der Waals surface area contributed by atoms with Crippen molar-refractivity contribution in [3.8, 4) is 0 Å². The molecule has 4 nitrogen and oxygen atoms in total. The number of halogens is 1. The molecule has 0 aliphatic heterocycles. The molecule has 2 N–H and O–H groups in total. The Morgan fingerprint density at radius 3 is 2.67 bits per heavy atom. The van der Waals surface area contributed by atoms with Gasteiger partial charge in [0.25, 0.3) is 0 Å². The van der Waals surface area contributed by atoms with Crippen LogP contribution in [-0.2, 0) is 5.41 Å². The van der Waals surface area contributed by atoms with E-state index in [1.807, 2.05) is 6.07 Å². The van der Waals surface area contributed by atoms with E-state index in [4.69, 9.17) is 10.7 Å². The molecular formula is C13H19BrN4. The van der Waals surface area contributed by atoms with Gasteiger partial charge >= 0.3 is 0 Å². The molecule has 5 heteroatoms. The first-order valence-corrected chi connectivity index (χ1v) is 6.88. The molecule has 2 heterocycles. The number of nitrogens with zero attached hydrogens (tertiary/aromatic N) is 3. The average molecular weight is 311 g/mol. The first-order valence-electron chi connectivity index (χ1n) is 6.08. The molecule has 0 bridgehead atoms. The lowest BCUT2D eigenvalue weighted by Crippen LogP contribution is -2.25. The van der Waals surface area contributed by atoms with E-state index in [-0.39, 0.29) is 11.5 Å². The summed E-state index contributed by atoms with van der Waals surface area (Å²) < 4.78 is 3.10. The van der Waals surface area contributed by atoms with Crippen LogP contribution in [0.5, 0.6) is 0 Å². The van der Waals surface area contributed by atoms with E-state index in [0.717, 1.165) is 21.5 Å². The molecule has 2 aromatic heterocycles. The standard InChI is InChI=1S/C13H19BrN4/c1-8(6-15)18-11-10(5-9(14)7-16-11)17-12(18)13(2,3)4/h5,7-8H,6,15H2,1-4H3. The summed E-state index contributed by atoms with van der Waals surface area (Å²) in [4.78, 5) is 9.21. The number of rotatable bonds is 2. The van der Waals surface area contributed by atoms with E-state index < -0.39 is 0 Å². The van der Waals surface area contributed by atoms with Crippen LogP contribution >= 0.6 is 15.9 Å². The van der Waals surface area contributed by atoms with Crippen LogP contribution in [0.3, 0.4) is 0 Å². The highest BCUT2D eigenvalue weighted by atomic mass is 79.9. The van der Waals surface area contributed by atoms with Gasteiger partial charge < -0.3 is 10.3 Å². The van der Waals surface area contributed by atoms with Gasteiger partial charge in [-0.3, -0.25) is 0 Å². The van der Waals surface area contributed by atoms with Crippen LogP contribution in [0.2, 0.25) is 0 Å². The summed E-state index contributed by atoms with van der Waals surface area (Å²) in [5.41, 5.74) is 7.59. The van der Waals surface area contributed by atoms with Crippen molar-refractivity contribution in [2.45, 2.75) is 39.2 Å². The summed E-state index contributed by atoms with van der Waals surface area (Å²) in [5, 5.41) is 0. The number of fused-ring (bicyclic) bond motifs is 1. The Bertz CT molecular complexity index is 568. The van der Waals surface area contributed by atoms with E-state index in [1.54, 1.807) is 6.20 Å². The topological polar surface area (TPSA) is 56.7 Å². The molecule has 0 radical (unpaired) electrons. The molecule has 0 aromatic carbocycles. The van der Waals surface area contributed by atoms with Gasteiger partial charge in [-0.15, -0.1) is 0 Å². The van der Waals surface area contributed by atoms with E-state index in [1.165, 1.54) is 0 Å². The Morgan fingerprint density at radius 1 is 1.44 bits per heavy atom. The second kappa shape index (κ2) is 4.63. The number of nitrogens with two attached hydrogens (primary N) is 1. The zero-order chi connectivity index (χ0) is 13.5. The van der Waals surface area contributed by atoms with E-state index >= 15 is 0 Å². The Balaban J connectivity index is 2.76. The third-order valence-electron chi connectivity index (χ3n) is 2.95. The van der Waals surface area contributed by atoms with Crippen molar-refractivity contribution in [3.05, 3.63) is 22.6 Å². The predicted molar refractivity (Wildman–Crippen MR) is 77.7 cm³/mol. The number of aromatic nitrogens is 3. The number of hydrogen-bond donors (Lipinski definition) is 1. The van der Waals surface area contributed by atoms with Crippen molar-refractivity contribution in [1.29, 1.82) is 0 Å². The van der Waals surface area contributed by atoms with Crippen LogP contribution in [0.1, 0.15) is 39.6 Å². The van der Waals surface area contributed by atoms with Crippen LogP contribution in [0.4, 0.5) is 0 Å². The maximum Gasteiger partial charge on any atom is 0.160 e. The van der Waals surface area contributed by atoms with Crippen LogP contribution < -0.4 is 5.73 Å². The minimum atomic E-state index is -0.0311. The third-order valence-corrected chi connectivity index (χ3v) is 3.38. The van der Waals surface area contributed by atoms with Crippen molar-refractivity contribution < 1.29 is 0 Å². The van der Waals surface area contributed by atoms with Gasteiger partial charge in [-0.05, 0) is 28.9 Å². The van der Waals surface area contributed by atoms with Gasteiger partial charge in [0.1, 0.15) is 11.3 Å². The van der Waals surface area contributed by atoms with Crippen molar-refractivity contribution in [1.82, 2.24) is 14.5 Å². The molecule has 0 saturated heterocycles. The Hall–Kier alpha value is -0.940. The Labute approximate surface area is 116 Å². The van der Waals surface area contributed by atoms with Crippen LogP contribution in [0, 0.1) is 0 Å². The largest absolute Gasteiger partial charge is 0.328 e. The molecule has 0 aliphatic rings. The molecule has 0 fully saturated rings. The molecule has 2 rings (SSSR count). The summed E-state index contributed by atoms with van der Waals surface area (Å²) in [6.45, 7) is 9.14. The van der Waals surface area contributed by atoms with Crippen LogP contribution in [0.25, 0.3) is 11.2 Å². The highest BCUT2D eigenvalue weighted by molar-refractivity contribution is 9.10. The molecule has 0 aliphatic carbocycles. The SMILES string of the molecule is CC(CN)n1c(C(C)(C)C)nc2cc(Br)cnc21. The minimum absolute atomic E-state index is 0.0311. The van der Waals surface area contributed by atoms with Gasteiger partial charge in [0.15, 0.2) is 5.65 Å². The second-order valence-corrected chi connectivity index (χ2v) is 6.55. The molecule has 0 spiro atoms. The highest BCUT2D eigenvalue weighted by Crippen LogP contribution is 2.29. The molecule has 1 unspecified atom stereocenters. The van der Waals surface area contributed by atoms with Crippen molar-refractivity contribution in [2.75, 3.05) is 6.54 Å². The van der Waals surface area contributed by atoms with Gasteiger partial charge in [-0.1, -0.05) is 20.8 Å². The van der Waals surface area contributed by atoms with Crippen molar-refractivity contribution in [2.24, 2.45) is 5.73 Å². The van der Waals surface area contributed by atoms with Gasteiger partial charge in [0.05, 0.1) is 0 Å². The minimum Gasteiger partial charge on any atom is -0.328 e. The van der Waals surface area contributed by atoms with Crippen molar-refractivity contribution in [3.63, 3.8) is 0 Å². The maximum atomic E-state index is 5.81. The van der Waals surface area contributed by atoms with Gasteiger partial charge in [-0.2, -0.15) is 0 Å². The van der Waals surface area contributed by atoms with Gasteiger partial charge in [0.2, 0.25) is 0 Å². The summed E-state index contributed by atoms with van der Waals surface area (Å²) in [6.07, 6.45) is 1.80.